The van der Waals surface area contributed by atoms with Crippen molar-refractivity contribution >= 4 is 41.1 Å². The van der Waals surface area contributed by atoms with Gasteiger partial charge in [-0.3, -0.25) is 14.3 Å². The molecule has 0 spiro atoms. The number of carbonyl (C=O) groups excluding carboxylic acids is 1. The summed E-state index contributed by atoms with van der Waals surface area (Å²) in [7, 11) is 0. The monoisotopic (exact) mass is 520 g/mol. The molecule has 9 nitrogen and oxygen atoms in total. The molecule has 35 heavy (non-hydrogen) atoms. The van der Waals surface area contributed by atoms with Gasteiger partial charge in [-0.2, -0.15) is 0 Å². The van der Waals surface area contributed by atoms with E-state index >= 15 is 4.39 Å². The highest BCUT2D eigenvalue weighted by Crippen LogP contribution is 2.41. The molecular formula is C23H22ClFN4O5S. The van der Waals surface area contributed by atoms with Crippen LogP contribution in [0.5, 0.6) is 0 Å². The number of carboxylic acid groups (broad SMARTS) is 1. The Morgan fingerprint density at radius 2 is 2.06 bits per heavy atom. The van der Waals surface area contributed by atoms with E-state index in [-0.39, 0.29) is 30.3 Å². The Morgan fingerprint density at radius 1 is 1.34 bits per heavy atom. The van der Waals surface area contributed by atoms with E-state index < -0.39 is 29.1 Å². The SMILES string of the molecule is CC(C)(C[C@H]1CSc2cc(F)c(-c3noc(=O)[nH]3)cc2N(Cc2ccc(Cl)cc2)C1=O)NC(=O)O. The Morgan fingerprint density at radius 3 is 2.69 bits per heavy atom. The number of aromatic nitrogens is 2. The summed E-state index contributed by atoms with van der Waals surface area (Å²) in [6, 6.07) is 9.76. The standard InChI is InChI=1S/C23H22ClFN4O5S/c1-23(2,27-21(31)32)9-13-11-35-18-8-16(25)15(19-26-22(33)34-28-19)7-17(18)29(20(13)30)10-12-3-5-14(24)6-4-12/h3-8,13,27H,9-11H2,1-2H3,(H,31,32)(H,26,28,33)/t13-/m0/s1. The van der Waals surface area contributed by atoms with Gasteiger partial charge in [-0.15, -0.1) is 11.8 Å². The van der Waals surface area contributed by atoms with Crippen LogP contribution in [-0.4, -0.2) is 38.5 Å². The summed E-state index contributed by atoms with van der Waals surface area (Å²) >= 11 is 7.32. The zero-order valence-corrected chi connectivity index (χ0v) is 20.4. The van der Waals surface area contributed by atoms with Gasteiger partial charge in [0.25, 0.3) is 0 Å². The van der Waals surface area contributed by atoms with Crippen molar-refractivity contribution < 1.29 is 23.6 Å². The summed E-state index contributed by atoms with van der Waals surface area (Å²) in [6.45, 7) is 3.59. The lowest BCUT2D eigenvalue weighted by Crippen LogP contribution is -2.47. The third-order valence-corrected chi connectivity index (χ3v) is 7.01. The van der Waals surface area contributed by atoms with Crippen molar-refractivity contribution in [3.63, 3.8) is 0 Å². The number of benzene rings is 2. The van der Waals surface area contributed by atoms with Gasteiger partial charge in [-0.1, -0.05) is 28.9 Å². The Labute approximate surface area is 208 Å². The Bertz CT molecular complexity index is 1320. The van der Waals surface area contributed by atoms with Crippen molar-refractivity contribution in [2.24, 2.45) is 5.92 Å². The first-order valence-electron chi connectivity index (χ1n) is 10.6. The molecule has 0 bridgehead atoms. The van der Waals surface area contributed by atoms with E-state index in [4.69, 9.17) is 11.6 Å². The number of amides is 2. The van der Waals surface area contributed by atoms with Crippen LogP contribution in [0.2, 0.25) is 5.02 Å². The van der Waals surface area contributed by atoms with Gasteiger partial charge in [-0.25, -0.2) is 14.0 Å². The molecule has 0 saturated heterocycles. The molecule has 1 atom stereocenters. The largest absolute Gasteiger partial charge is 0.465 e. The van der Waals surface area contributed by atoms with Crippen LogP contribution in [0.3, 0.4) is 0 Å². The molecule has 3 aromatic rings. The number of nitrogens with zero attached hydrogens (tertiary/aromatic N) is 2. The van der Waals surface area contributed by atoms with E-state index in [0.717, 1.165) is 5.56 Å². The number of hydrogen-bond acceptors (Lipinski definition) is 6. The third kappa shape index (κ3) is 5.68. The highest BCUT2D eigenvalue weighted by atomic mass is 35.5. The summed E-state index contributed by atoms with van der Waals surface area (Å²) in [5.41, 5.74) is 0.353. The topological polar surface area (TPSA) is 129 Å². The predicted octanol–water partition coefficient (Wildman–Crippen LogP) is 4.51. The minimum absolute atomic E-state index is 0.0181. The van der Waals surface area contributed by atoms with Crippen molar-refractivity contribution in [3.8, 4) is 11.4 Å². The minimum atomic E-state index is -1.18. The number of aromatic amines is 1. The lowest BCUT2D eigenvalue weighted by Gasteiger charge is -2.31. The molecule has 0 radical (unpaired) electrons. The maximum atomic E-state index is 15.0. The van der Waals surface area contributed by atoms with Crippen LogP contribution in [0.15, 0.2) is 50.6 Å². The summed E-state index contributed by atoms with van der Waals surface area (Å²) < 4.78 is 19.5. The molecule has 184 valence electrons. The fraction of sp³-hybridized carbons (Fsp3) is 0.304. The number of hydrogen-bond donors (Lipinski definition) is 3. The Hall–Kier alpha value is -3.31. The quantitative estimate of drug-likeness (QED) is 0.436. The van der Waals surface area contributed by atoms with Crippen molar-refractivity contribution in [1.82, 2.24) is 15.5 Å². The van der Waals surface area contributed by atoms with Crippen LogP contribution in [-0.2, 0) is 11.3 Å². The van der Waals surface area contributed by atoms with Crippen molar-refractivity contribution in [2.75, 3.05) is 10.7 Å². The zero-order chi connectivity index (χ0) is 25.3. The second kappa shape index (κ2) is 9.74. The van der Waals surface area contributed by atoms with Gasteiger partial charge in [0.2, 0.25) is 5.91 Å². The van der Waals surface area contributed by atoms with Gasteiger partial charge >= 0.3 is 11.8 Å². The van der Waals surface area contributed by atoms with E-state index in [1.807, 2.05) is 0 Å². The average molecular weight is 521 g/mol. The highest BCUT2D eigenvalue weighted by Gasteiger charge is 2.36. The molecule has 0 aliphatic carbocycles. The maximum Gasteiger partial charge on any atom is 0.439 e. The number of nitrogens with one attached hydrogen (secondary N) is 2. The van der Waals surface area contributed by atoms with Crippen LogP contribution in [0.1, 0.15) is 25.8 Å². The van der Waals surface area contributed by atoms with Gasteiger partial charge in [-0.05, 0) is 50.1 Å². The number of rotatable bonds is 6. The fourth-order valence-electron chi connectivity index (χ4n) is 4.04. The molecule has 1 aliphatic rings. The van der Waals surface area contributed by atoms with Crippen LogP contribution in [0, 0.1) is 11.7 Å². The number of halogens is 2. The number of anilines is 1. The Balaban J connectivity index is 1.77. The smallest absolute Gasteiger partial charge is 0.439 e. The first-order valence-corrected chi connectivity index (χ1v) is 12.0. The molecule has 0 saturated carbocycles. The van der Waals surface area contributed by atoms with Gasteiger partial charge in [0, 0.05) is 21.2 Å². The van der Waals surface area contributed by atoms with Gasteiger partial charge in [0.05, 0.1) is 23.7 Å². The second-order valence-corrected chi connectivity index (χ2v) is 10.3. The van der Waals surface area contributed by atoms with Gasteiger partial charge in [0.1, 0.15) is 5.82 Å². The van der Waals surface area contributed by atoms with Gasteiger partial charge < -0.3 is 15.3 Å². The second-order valence-electron chi connectivity index (χ2n) is 8.82. The lowest BCUT2D eigenvalue weighted by atomic mass is 9.90. The van der Waals surface area contributed by atoms with Gasteiger partial charge in [0.15, 0.2) is 5.82 Å². The molecule has 2 aromatic carbocycles. The van der Waals surface area contributed by atoms with Crippen LogP contribution >= 0.6 is 23.4 Å². The molecule has 2 heterocycles. The third-order valence-electron chi connectivity index (χ3n) is 5.55. The summed E-state index contributed by atoms with van der Waals surface area (Å²) in [5, 5.41) is 15.8. The van der Waals surface area contributed by atoms with Crippen molar-refractivity contribution in [1.29, 1.82) is 0 Å². The number of carbonyl (C=O) groups is 2. The number of H-pyrrole nitrogens is 1. The number of thioether (sulfide) groups is 1. The first-order chi connectivity index (χ1) is 16.5. The van der Waals surface area contributed by atoms with E-state index in [1.165, 1.54) is 23.9 Å². The predicted molar refractivity (Wildman–Crippen MR) is 129 cm³/mol. The molecule has 12 heteroatoms. The Kier molecular flexibility index (Phi) is 6.91. The van der Waals surface area contributed by atoms with Crippen LogP contribution < -0.4 is 16.0 Å². The summed E-state index contributed by atoms with van der Waals surface area (Å²) in [6.07, 6.45) is -0.944. The van der Waals surface area contributed by atoms with Crippen LogP contribution in [0.4, 0.5) is 14.9 Å². The highest BCUT2D eigenvalue weighted by molar-refractivity contribution is 7.99. The molecule has 0 fully saturated rings. The average Bonchev–Trinajstić information content (AvgIpc) is 3.16. The first kappa shape index (κ1) is 24.8. The molecule has 2 amide bonds. The van der Waals surface area contributed by atoms with E-state index in [0.29, 0.717) is 21.4 Å². The lowest BCUT2D eigenvalue weighted by molar-refractivity contribution is -0.122. The number of fused-ring (bicyclic) bond motifs is 1. The van der Waals surface area contributed by atoms with Crippen molar-refractivity contribution in [2.45, 2.75) is 37.2 Å². The molecular weight excluding hydrogens is 499 g/mol. The minimum Gasteiger partial charge on any atom is -0.465 e. The van der Waals surface area contributed by atoms with Crippen molar-refractivity contribution in [3.05, 3.63) is 63.4 Å². The van der Waals surface area contributed by atoms with E-state index in [2.05, 4.69) is 20.0 Å². The fourth-order valence-corrected chi connectivity index (χ4v) is 5.31. The van der Waals surface area contributed by atoms with E-state index in [1.54, 1.807) is 43.0 Å². The summed E-state index contributed by atoms with van der Waals surface area (Å²) in [4.78, 5) is 40.9. The molecule has 1 aromatic heterocycles. The maximum absolute atomic E-state index is 15.0. The molecule has 4 rings (SSSR count). The van der Waals surface area contributed by atoms with Crippen LogP contribution in [0.25, 0.3) is 11.4 Å². The van der Waals surface area contributed by atoms with E-state index in [9.17, 15) is 19.5 Å². The zero-order valence-electron chi connectivity index (χ0n) is 18.8. The summed E-state index contributed by atoms with van der Waals surface area (Å²) in [5.74, 6) is -2.02. The molecule has 1 aliphatic heterocycles. The normalized spacial score (nSPS) is 16.1. The molecule has 0 unspecified atom stereocenters. The molecule has 3 N–H and O–H groups in total.